The van der Waals surface area contributed by atoms with E-state index in [0.29, 0.717) is 6.54 Å². The second kappa shape index (κ2) is 10.2. The van der Waals surface area contributed by atoms with Crippen LogP contribution in [0.15, 0.2) is 18.2 Å². The fraction of sp³-hybridized carbons (Fsp3) is 0.625. The van der Waals surface area contributed by atoms with E-state index in [1.54, 1.807) is 27.7 Å². The average Bonchev–Trinajstić information content (AvgIpc) is 2.57. The highest BCUT2D eigenvalue weighted by Gasteiger charge is 2.36. The van der Waals surface area contributed by atoms with Crippen LogP contribution in [0.5, 0.6) is 0 Å². The number of benzene rings is 1. The average molecular weight is 434 g/mol. The van der Waals surface area contributed by atoms with Crippen molar-refractivity contribution in [2.75, 3.05) is 6.54 Å². The number of carbonyl (C=O) groups excluding carboxylic acids is 3. The number of rotatable bonds is 6. The molecular formula is C24H39N3O4. The maximum Gasteiger partial charge on any atom is 0.408 e. The van der Waals surface area contributed by atoms with Gasteiger partial charge in [-0.05, 0) is 85.9 Å². The lowest BCUT2D eigenvalue weighted by atomic mass is 9.93. The molecule has 31 heavy (non-hydrogen) atoms. The number of nitrogens with one attached hydrogen (secondary N) is 2. The summed E-state index contributed by atoms with van der Waals surface area (Å²) in [4.78, 5) is 40.4. The zero-order valence-electron chi connectivity index (χ0n) is 20.7. The first-order valence-electron chi connectivity index (χ1n) is 10.8. The molecule has 0 aliphatic rings. The summed E-state index contributed by atoms with van der Waals surface area (Å²) in [6.45, 7) is 18.5. The van der Waals surface area contributed by atoms with Gasteiger partial charge in [0.25, 0.3) is 0 Å². The molecule has 0 aromatic heterocycles. The topological polar surface area (TPSA) is 87.7 Å². The molecule has 0 radical (unpaired) electrons. The number of hydrogen-bond donors (Lipinski definition) is 2. The van der Waals surface area contributed by atoms with Crippen LogP contribution in [0.1, 0.15) is 78.1 Å². The summed E-state index contributed by atoms with van der Waals surface area (Å²) in [5, 5.41) is 5.60. The van der Waals surface area contributed by atoms with Gasteiger partial charge in [0.05, 0.1) is 0 Å². The summed E-state index contributed by atoms with van der Waals surface area (Å²) in [5.74, 6) is -0.616. The van der Waals surface area contributed by atoms with Gasteiger partial charge in [0.15, 0.2) is 0 Å². The summed E-state index contributed by atoms with van der Waals surface area (Å²) in [6, 6.07) is 4.11. The molecule has 2 N–H and O–H groups in total. The molecule has 0 heterocycles. The minimum atomic E-state index is -0.857. The van der Waals surface area contributed by atoms with E-state index in [4.69, 9.17) is 4.74 Å². The predicted molar refractivity (Wildman–Crippen MR) is 123 cm³/mol. The lowest BCUT2D eigenvalue weighted by Crippen LogP contribution is -2.54. The largest absolute Gasteiger partial charge is 0.444 e. The monoisotopic (exact) mass is 433 g/mol. The summed E-state index contributed by atoms with van der Waals surface area (Å²) in [5.41, 5.74) is 1.50. The van der Waals surface area contributed by atoms with Crippen molar-refractivity contribution in [1.29, 1.82) is 0 Å². The molecule has 0 saturated heterocycles. The molecule has 7 nitrogen and oxygen atoms in total. The second-order valence-corrected chi connectivity index (χ2v) is 9.94. The molecule has 1 aromatic rings. The van der Waals surface area contributed by atoms with E-state index >= 15 is 0 Å². The molecule has 0 fully saturated rings. The molecule has 0 spiro atoms. The van der Waals surface area contributed by atoms with Crippen LogP contribution in [0.2, 0.25) is 0 Å². The summed E-state index contributed by atoms with van der Waals surface area (Å²) < 4.78 is 5.27. The van der Waals surface area contributed by atoms with E-state index in [2.05, 4.69) is 10.6 Å². The van der Waals surface area contributed by atoms with E-state index in [1.165, 1.54) is 4.90 Å². The minimum Gasteiger partial charge on any atom is -0.444 e. The molecule has 3 amide bonds. The van der Waals surface area contributed by atoms with E-state index in [1.807, 2.05) is 59.7 Å². The smallest absolute Gasteiger partial charge is 0.408 e. The first-order chi connectivity index (χ1) is 14.1. The van der Waals surface area contributed by atoms with Gasteiger partial charge in [0.2, 0.25) is 11.8 Å². The van der Waals surface area contributed by atoms with Crippen molar-refractivity contribution >= 4 is 17.9 Å². The van der Waals surface area contributed by atoms with Crippen molar-refractivity contribution in [3.63, 3.8) is 0 Å². The van der Waals surface area contributed by atoms with Crippen molar-refractivity contribution < 1.29 is 19.1 Å². The molecule has 0 saturated carbocycles. The number of nitrogens with zero attached hydrogens (tertiary/aromatic N) is 1. The predicted octanol–water partition coefficient (Wildman–Crippen LogP) is 4.02. The van der Waals surface area contributed by atoms with Crippen LogP contribution in [-0.4, -0.2) is 46.5 Å². The normalized spacial score (nSPS) is 13.7. The van der Waals surface area contributed by atoms with Crippen LogP contribution in [0.3, 0.4) is 0 Å². The van der Waals surface area contributed by atoms with Gasteiger partial charge in [-0.1, -0.05) is 18.2 Å². The highest BCUT2D eigenvalue weighted by atomic mass is 16.6. The lowest BCUT2D eigenvalue weighted by molar-refractivity contribution is -0.142. The molecule has 0 bridgehead atoms. The zero-order chi connectivity index (χ0) is 24.1. The quantitative estimate of drug-likeness (QED) is 0.709. The van der Waals surface area contributed by atoms with E-state index in [9.17, 15) is 14.4 Å². The Balaban J connectivity index is 3.32. The van der Waals surface area contributed by atoms with Crippen LogP contribution in [0.25, 0.3) is 0 Å². The lowest BCUT2D eigenvalue weighted by Gasteiger charge is -2.36. The molecule has 0 aliphatic carbocycles. The van der Waals surface area contributed by atoms with Gasteiger partial charge < -0.3 is 20.3 Å². The van der Waals surface area contributed by atoms with Gasteiger partial charge in [-0.15, -0.1) is 0 Å². The first-order valence-corrected chi connectivity index (χ1v) is 10.8. The van der Waals surface area contributed by atoms with Gasteiger partial charge in [-0.25, -0.2) is 4.79 Å². The molecule has 0 aliphatic heterocycles. The van der Waals surface area contributed by atoms with Crippen LogP contribution in [-0.2, 0) is 14.3 Å². The molecule has 2 unspecified atom stereocenters. The first kappa shape index (κ1) is 26.5. The third kappa shape index (κ3) is 7.89. The van der Waals surface area contributed by atoms with Crippen molar-refractivity contribution in [2.24, 2.45) is 0 Å². The van der Waals surface area contributed by atoms with Crippen molar-refractivity contribution in [3.8, 4) is 0 Å². The van der Waals surface area contributed by atoms with E-state index in [0.717, 1.165) is 16.7 Å². The summed E-state index contributed by atoms with van der Waals surface area (Å²) >= 11 is 0. The van der Waals surface area contributed by atoms with Gasteiger partial charge in [0.1, 0.15) is 17.7 Å². The molecule has 7 heteroatoms. The highest BCUT2D eigenvalue weighted by molar-refractivity contribution is 5.92. The van der Waals surface area contributed by atoms with Crippen LogP contribution >= 0.6 is 0 Å². The SMILES string of the molecule is CCN(C(=O)C(C)NC(=O)OC(C)(C)C)C(C(=O)NC(C)(C)C)c1c(C)cccc1C. The Morgan fingerprint density at radius 1 is 1.03 bits per heavy atom. The molecule has 2 atom stereocenters. The summed E-state index contributed by atoms with van der Waals surface area (Å²) in [7, 11) is 0. The van der Waals surface area contributed by atoms with Gasteiger partial charge in [-0.3, -0.25) is 9.59 Å². The number of alkyl carbamates (subject to hydrolysis) is 1. The Bertz CT molecular complexity index is 786. The van der Waals surface area contributed by atoms with Gasteiger partial charge in [-0.2, -0.15) is 0 Å². The maximum atomic E-state index is 13.4. The van der Waals surface area contributed by atoms with Crippen molar-refractivity contribution in [3.05, 3.63) is 34.9 Å². The van der Waals surface area contributed by atoms with Gasteiger partial charge in [0, 0.05) is 12.1 Å². The number of carbonyl (C=O) groups is 3. The number of aryl methyl sites for hydroxylation is 2. The van der Waals surface area contributed by atoms with Crippen LogP contribution < -0.4 is 10.6 Å². The third-order valence-electron chi connectivity index (χ3n) is 4.60. The molecule has 1 rings (SSSR count). The number of likely N-dealkylation sites (N-methyl/N-ethyl adjacent to an activating group) is 1. The number of ether oxygens (including phenoxy) is 1. The fourth-order valence-electron chi connectivity index (χ4n) is 3.39. The second-order valence-electron chi connectivity index (χ2n) is 9.94. The van der Waals surface area contributed by atoms with Crippen molar-refractivity contribution in [2.45, 2.75) is 92.5 Å². The highest BCUT2D eigenvalue weighted by Crippen LogP contribution is 2.29. The van der Waals surface area contributed by atoms with Gasteiger partial charge >= 0.3 is 6.09 Å². The minimum absolute atomic E-state index is 0.260. The molecule has 174 valence electrons. The van der Waals surface area contributed by atoms with Crippen molar-refractivity contribution in [1.82, 2.24) is 15.5 Å². The number of amides is 3. The van der Waals surface area contributed by atoms with E-state index in [-0.39, 0.29) is 11.8 Å². The van der Waals surface area contributed by atoms with Crippen LogP contribution in [0, 0.1) is 13.8 Å². The zero-order valence-corrected chi connectivity index (χ0v) is 20.7. The number of hydrogen-bond acceptors (Lipinski definition) is 4. The standard InChI is InChI=1S/C24H39N3O4/c1-11-27(21(29)17(4)25-22(30)31-24(8,9)10)19(20(28)26-23(5,6)7)18-15(2)13-12-14-16(18)3/h12-14,17,19H,11H2,1-10H3,(H,25,30)(H,26,28). The Labute approximate surface area is 186 Å². The Morgan fingerprint density at radius 2 is 1.55 bits per heavy atom. The van der Waals surface area contributed by atoms with E-state index < -0.39 is 29.3 Å². The fourth-order valence-corrected chi connectivity index (χ4v) is 3.39. The Morgan fingerprint density at radius 3 is 1.97 bits per heavy atom. The molecular weight excluding hydrogens is 394 g/mol. The molecule has 1 aromatic carbocycles. The van der Waals surface area contributed by atoms with Crippen LogP contribution in [0.4, 0.5) is 4.79 Å². The Kier molecular flexibility index (Phi) is 8.67. The Hall–Kier alpha value is -2.57. The summed E-state index contributed by atoms with van der Waals surface area (Å²) in [6.07, 6.45) is -0.674. The maximum absolute atomic E-state index is 13.4. The third-order valence-corrected chi connectivity index (χ3v) is 4.60.